The topological polar surface area (TPSA) is 66.2 Å². The summed E-state index contributed by atoms with van der Waals surface area (Å²) in [4.78, 5) is 11.5. The van der Waals surface area contributed by atoms with E-state index < -0.39 is 23.8 Å². The Morgan fingerprint density at radius 2 is 2.10 bits per heavy atom. The van der Waals surface area contributed by atoms with Gasteiger partial charge in [-0.25, -0.2) is 18.3 Å². The smallest absolute Gasteiger partial charge is 0.361 e. The van der Waals surface area contributed by atoms with Crippen LogP contribution in [0.3, 0.4) is 0 Å². The van der Waals surface area contributed by atoms with Gasteiger partial charge in [-0.2, -0.15) is 0 Å². The summed E-state index contributed by atoms with van der Waals surface area (Å²) in [5.41, 5.74) is -0.960. The highest BCUT2D eigenvalue weighted by molar-refractivity contribution is 5.88. The molecule has 0 saturated heterocycles. The number of nitrogens with zero attached hydrogens (tertiary/aromatic N) is 3. The van der Waals surface area contributed by atoms with E-state index in [1.165, 1.54) is 0 Å². The summed E-state index contributed by atoms with van der Waals surface area (Å²) in [6.45, 7) is 4.64. The van der Waals surface area contributed by atoms with Gasteiger partial charge in [-0.05, 0) is 13.3 Å². The average molecular weight is 291 g/mol. The average Bonchev–Trinajstić information content (AvgIpc) is 2.83. The van der Waals surface area contributed by atoms with Gasteiger partial charge in [-0.15, -0.1) is 5.10 Å². The summed E-state index contributed by atoms with van der Waals surface area (Å²) < 4.78 is 36.9. The first-order valence-corrected chi connectivity index (χ1v) is 6.58. The molecule has 0 radical (unpaired) electrons. The number of aromatic nitrogens is 3. The van der Waals surface area contributed by atoms with Gasteiger partial charge >= 0.3 is 5.97 Å². The van der Waals surface area contributed by atoms with E-state index in [0.717, 1.165) is 17.5 Å². The maximum atomic E-state index is 13.0. The Morgan fingerprint density at radius 3 is 2.70 bits per heavy atom. The quantitative estimate of drug-likeness (QED) is 0.515. The number of carbonyl (C=O) groups is 1. The van der Waals surface area contributed by atoms with Gasteiger partial charge in [0, 0.05) is 6.61 Å². The minimum atomic E-state index is -2.85. The first kappa shape index (κ1) is 16.5. The van der Waals surface area contributed by atoms with Crippen molar-refractivity contribution in [3.63, 3.8) is 0 Å². The molecule has 1 aromatic heterocycles. The van der Waals surface area contributed by atoms with Crippen molar-refractivity contribution in [2.24, 2.45) is 0 Å². The zero-order chi connectivity index (χ0) is 15.0. The normalized spacial score (nSPS) is 11.1. The molecule has 1 aromatic rings. The monoisotopic (exact) mass is 291 g/mol. The van der Waals surface area contributed by atoms with E-state index in [-0.39, 0.29) is 19.8 Å². The lowest BCUT2D eigenvalue weighted by atomic mass is 10.3. The summed E-state index contributed by atoms with van der Waals surface area (Å²) in [5, 5.41) is 7.04. The third kappa shape index (κ3) is 4.52. The molecule has 0 aromatic carbocycles. The van der Waals surface area contributed by atoms with Gasteiger partial charge in [0.1, 0.15) is 5.69 Å². The van der Waals surface area contributed by atoms with Crippen LogP contribution in [0.2, 0.25) is 0 Å². The van der Waals surface area contributed by atoms with Crippen LogP contribution >= 0.6 is 0 Å². The molecule has 0 unspecified atom stereocenters. The second kappa shape index (κ2) is 8.57. The number of unbranched alkanes of at least 4 members (excludes halogenated alkanes) is 1. The van der Waals surface area contributed by atoms with Gasteiger partial charge in [0.2, 0.25) is 0 Å². The first-order chi connectivity index (χ1) is 9.61. The molecule has 0 spiro atoms. The van der Waals surface area contributed by atoms with Crippen LogP contribution < -0.4 is 0 Å². The zero-order valence-electron chi connectivity index (χ0n) is 11.6. The Labute approximate surface area is 116 Å². The Balaban J connectivity index is 2.69. The summed E-state index contributed by atoms with van der Waals surface area (Å²) in [7, 11) is 0. The number of hydrogen-bond acceptors (Lipinski definition) is 5. The fourth-order valence-electron chi connectivity index (χ4n) is 1.55. The van der Waals surface area contributed by atoms with E-state index in [1.54, 1.807) is 6.92 Å². The van der Waals surface area contributed by atoms with Crippen molar-refractivity contribution in [1.82, 2.24) is 15.0 Å². The van der Waals surface area contributed by atoms with E-state index in [9.17, 15) is 13.6 Å². The van der Waals surface area contributed by atoms with E-state index >= 15 is 0 Å². The molecule has 0 N–H and O–H groups in total. The molecule has 0 atom stereocenters. The molecular weight excluding hydrogens is 272 g/mol. The van der Waals surface area contributed by atoms with Gasteiger partial charge in [-0.3, -0.25) is 0 Å². The molecule has 0 fully saturated rings. The van der Waals surface area contributed by atoms with Crippen LogP contribution in [-0.2, 0) is 16.0 Å². The summed E-state index contributed by atoms with van der Waals surface area (Å²) >= 11 is 0. The minimum Gasteiger partial charge on any atom is -0.461 e. The first-order valence-electron chi connectivity index (χ1n) is 6.58. The maximum absolute atomic E-state index is 13.0. The Bertz CT molecular complexity index is 424. The number of esters is 1. The largest absolute Gasteiger partial charge is 0.461 e. The van der Waals surface area contributed by atoms with Crippen molar-refractivity contribution in [3.05, 3.63) is 11.4 Å². The molecular formula is C12H19F2N3O3. The van der Waals surface area contributed by atoms with Gasteiger partial charge in [0.05, 0.1) is 19.8 Å². The molecule has 0 aliphatic carbocycles. The highest BCUT2D eigenvalue weighted by Gasteiger charge is 2.27. The standard InChI is InChI=1S/C12H19F2N3O3/c1-3-5-7-19-8-6-17-10(11(13)14)9(15-16-17)12(18)20-4-2/h11H,3-8H2,1-2H3. The highest BCUT2D eigenvalue weighted by Crippen LogP contribution is 2.21. The summed E-state index contributed by atoms with van der Waals surface area (Å²) in [5.74, 6) is -0.888. The number of carbonyl (C=O) groups excluding carboxylic acids is 1. The second-order valence-corrected chi connectivity index (χ2v) is 4.03. The molecule has 1 heterocycles. The molecule has 0 bridgehead atoms. The minimum absolute atomic E-state index is 0.0918. The van der Waals surface area contributed by atoms with Gasteiger partial charge < -0.3 is 9.47 Å². The van der Waals surface area contributed by atoms with E-state index in [1.807, 2.05) is 6.92 Å². The lowest BCUT2D eigenvalue weighted by molar-refractivity contribution is 0.0505. The van der Waals surface area contributed by atoms with Crippen LogP contribution in [-0.4, -0.2) is 40.8 Å². The number of halogens is 2. The van der Waals surface area contributed by atoms with Crippen molar-refractivity contribution in [3.8, 4) is 0 Å². The van der Waals surface area contributed by atoms with Crippen molar-refractivity contribution in [1.29, 1.82) is 0 Å². The highest BCUT2D eigenvalue weighted by atomic mass is 19.3. The molecule has 6 nitrogen and oxygen atoms in total. The third-order valence-corrected chi connectivity index (χ3v) is 2.54. The molecule has 20 heavy (non-hydrogen) atoms. The van der Waals surface area contributed by atoms with Crippen molar-refractivity contribution >= 4 is 5.97 Å². The fourth-order valence-corrected chi connectivity index (χ4v) is 1.55. The van der Waals surface area contributed by atoms with Gasteiger partial charge in [-0.1, -0.05) is 18.6 Å². The van der Waals surface area contributed by atoms with E-state index in [2.05, 4.69) is 15.0 Å². The molecule has 0 aliphatic heterocycles. The van der Waals surface area contributed by atoms with Crippen LogP contribution in [0.5, 0.6) is 0 Å². The molecule has 1 rings (SSSR count). The Hall–Kier alpha value is -1.57. The summed E-state index contributed by atoms with van der Waals surface area (Å²) in [6.07, 6.45) is -0.939. The van der Waals surface area contributed by atoms with Crippen LogP contribution in [0.15, 0.2) is 0 Å². The van der Waals surface area contributed by atoms with Gasteiger partial charge in [0.15, 0.2) is 5.69 Å². The lowest BCUT2D eigenvalue weighted by Crippen LogP contribution is -2.14. The van der Waals surface area contributed by atoms with Crippen LogP contribution in [0.4, 0.5) is 8.78 Å². The molecule has 0 amide bonds. The van der Waals surface area contributed by atoms with Crippen LogP contribution in [0, 0.1) is 0 Å². The van der Waals surface area contributed by atoms with Crippen molar-refractivity contribution in [2.75, 3.05) is 19.8 Å². The molecule has 0 aliphatic rings. The SMILES string of the molecule is CCCCOCCn1nnc(C(=O)OCC)c1C(F)F. The fraction of sp³-hybridized carbons (Fsp3) is 0.750. The number of alkyl halides is 2. The van der Waals surface area contributed by atoms with Gasteiger partial charge in [0.25, 0.3) is 6.43 Å². The maximum Gasteiger partial charge on any atom is 0.361 e. The Kier molecular flexibility index (Phi) is 7.06. The van der Waals surface area contributed by atoms with E-state index in [4.69, 9.17) is 4.74 Å². The zero-order valence-corrected chi connectivity index (χ0v) is 11.6. The van der Waals surface area contributed by atoms with Crippen molar-refractivity contribution < 1.29 is 23.0 Å². The third-order valence-electron chi connectivity index (χ3n) is 2.54. The second-order valence-electron chi connectivity index (χ2n) is 4.03. The summed E-state index contributed by atoms with van der Waals surface area (Å²) in [6, 6.07) is 0. The van der Waals surface area contributed by atoms with Crippen molar-refractivity contribution in [2.45, 2.75) is 39.7 Å². The van der Waals surface area contributed by atoms with Crippen LogP contribution in [0.1, 0.15) is 49.3 Å². The Morgan fingerprint density at radius 1 is 1.35 bits per heavy atom. The number of ether oxygens (including phenoxy) is 2. The molecule has 8 heteroatoms. The van der Waals surface area contributed by atoms with Crippen LogP contribution in [0.25, 0.3) is 0 Å². The predicted molar refractivity (Wildman–Crippen MR) is 66.7 cm³/mol. The lowest BCUT2D eigenvalue weighted by Gasteiger charge is -2.07. The molecule has 0 saturated carbocycles. The predicted octanol–water partition coefficient (Wildman–Crippen LogP) is 2.21. The number of rotatable bonds is 9. The molecule has 114 valence electrons. The van der Waals surface area contributed by atoms with E-state index in [0.29, 0.717) is 6.61 Å². The number of hydrogen-bond donors (Lipinski definition) is 0.